The van der Waals surface area contributed by atoms with Crippen molar-refractivity contribution in [1.29, 1.82) is 0 Å². The van der Waals surface area contributed by atoms with Gasteiger partial charge in [0.2, 0.25) is 0 Å². The lowest BCUT2D eigenvalue weighted by Crippen LogP contribution is -2.17. The zero-order valence-corrected chi connectivity index (χ0v) is 19.5. The number of allylic oxidation sites excluding steroid dienone is 2. The highest BCUT2D eigenvalue weighted by atomic mass is 16.5. The lowest BCUT2D eigenvalue weighted by molar-refractivity contribution is -0.149. The standard InChI is InChI=1S/C26H50O2/c1-4-7-9-10-11-12-13-14-15-16-17-18-19-20-21-22-24-28-26(27)25(6-3)23-8-5-2/h14-15,25H,4-13,16-24H2,1-3H3/b15-14+. The van der Waals surface area contributed by atoms with E-state index in [1.54, 1.807) is 0 Å². The van der Waals surface area contributed by atoms with Crippen molar-refractivity contribution in [3.05, 3.63) is 12.2 Å². The smallest absolute Gasteiger partial charge is 0.308 e. The number of unbranched alkanes of at least 4 members (excludes halogenated alkanes) is 13. The molecule has 0 radical (unpaired) electrons. The van der Waals surface area contributed by atoms with Crippen LogP contribution in [-0.2, 0) is 9.53 Å². The Hall–Kier alpha value is -0.790. The van der Waals surface area contributed by atoms with Crippen LogP contribution in [0, 0.1) is 5.92 Å². The van der Waals surface area contributed by atoms with Crippen LogP contribution in [0.2, 0.25) is 0 Å². The Morgan fingerprint density at radius 2 is 1.18 bits per heavy atom. The number of carbonyl (C=O) groups is 1. The van der Waals surface area contributed by atoms with Crippen LogP contribution in [0.4, 0.5) is 0 Å². The first-order chi connectivity index (χ1) is 13.8. The second-order valence-corrected chi connectivity index (χ2v) is 8.35. The van der Waals surface area contributed by atoms with Gasteiger partial charge in [0.15, 0.2) is 0 Å². The number of rotatable bonds is 21. The van der Waals surface area contributed by atoms with Gasteiger partial charge in [0, 0.05) is 0 Å². The van der Waals surface area contributed by atoms with Gasteiger partial charge in [-0.1, -0.05) is 104 Å². The maximum absolute atomic E-state index is 12.0. The topological polar surface area (TPSA) is 26.3 Å². The van der Waals surface area contributed by atoms with Crippen molar-refractivity contribution >= 4 is 5.97 Å². The minimum atomic E-state index is 0.0312. The molecule has 0 aliphatic rings. The fourth-order valence-corrected chi connectivity index (χ4v) is 3.58. The van der Waals surface area contributed by atoms with Crippen LogP contribution >= 0.6 is 0 Å². The van der Waals surface area contributed by atoms with E-state index in [-0.39, 0.29) is 11.9 Å². The molecule has 0 aromatic heterocycles. The van der Waals surface area contributed by atoms with E-state index in [2.05, 4.69) is 32.9 Å². The van der Waals surface area contributed by atoms with Crippen molar-refractivity contribution in [1.82, 2.24) is 0 Å². The van der Waals surface area contributed by atoms with E-state index in [9.17, 15) is 4.79 Å². The van der Waals surface area contributed by atoms with Gasteiger partial charge in [0.1, 0.15) is 0 Å². The normalized spacial score (nSPS) is 12.5. The molecule has 2 nitrogen and oxygen atoms in total. The summed E-state index contributed by atoms with van der Waals surface area (Å²) in [6, 6.07) is 0. The van der Waals surface area contributed by atoms with Crippen LogP contribution in [0.25, 0.3) is 0 Å². The molecule has 0 aromatic rings. The summed E-state index contributed by atoms with van der Waals surface area (Å²) in [7, 11) is 0. The summed E-state index contributed by atoms with van der Waals surface area (Å²) < 4.78 is 5.46. The minimum Gasteiger partial charge on any atom is -0.465 e. The molecule has 0 heterocycles. The van der Waals surface area contributed by atoms with Crippen LogP contribution in [0.3, 0.4) is 0 Å². The summed E-state index contributed by atoms with van der Waals surface area (Å²) in [5.41, 5.74) is 0. The number of hydrogen-bond donors (Lipinski definition) is 0. The van der Waals surface area contributed by atoms with Crippen molar-refractivity contribution in [3.63, 3.8) is 0 Å². The van der Waals surface area contributed by atoms with Gasteiger partial charge < -0.3 is 4.74 Å². The predicted molar refractivity (Wildman–Crippen MR) is 124 cm³/mol. The molecule has 0 N–H and O–H groups in total. The molecule has 0 aromatic carbocycles. The molecule has 0 aliphatic heterocycles. The lowest BCUT2D eigenvalue weighted by Gasteiger charge is -2.13. The summed E-state index contributed by atoms with van der Waals surface area (Å²) in [5, 5.41) is 0. The SMILES string of the molecule is CCCCCCCC/C=C/CCCCCCCCOC(=O)C(CC)CCCC. The summed E-state index contributed by atoms with van der Waals surface area (Å²) >= 11 is 0. The third-order valence-electron chi connectivity index (χ3n) is 5.63. The average Bonchev–Trinajstić information content (AvgIpc) is 2.70. The van der Waals surface area contributed by atoms with Gasteiger partial charge in [-0.05, 0) is 44.9 Å². The highest BCUT2D eigenvalue weighted by Crippen LogP contribution is 2.15. The Labute approximate surface area is 176 Å². The van der Waals surface area contributed by atoms with Gasteiger partial charge in [-0.15, -0.1) is 0 Å². The fraction of sp³-hybridized carbons (Fsp3) is 0.885. The van der Waals surface area contributed by atoms with Gasteiger partial charge in [0.25, 0.3) is 0 Å². The number of esters is 1. The van der Waals surface area contributed by atoms with Crippen LogP contribution < -0.4 is 0 Å². The molecule has 0 aliphatic carbocycles. The fourth-order valence-electron chi connectivity index (χ4n) is 3.58. The molecule has 0 amide bonds. The molecule has 0 saturated carbocycles. The maximum Gasteiger partial charge on any atom is 0.308 e. The van der Waals surface area contributed by atoms with Crippen molar-refractivity contribution < 1.29 is 9.53 Å². The zero-order valence-electron chi connectivity index (χ0n) is 19.5. The molecule has 0 fully saturated rings. The van der Waals surface area contributed by atoms with Crippen molar-refractivity contribution in [2.24, 2.45) is 5.92 Å². The van der Waals surface area contributed by atoms with Crippen LogP contribution in [0.1, 0.15) is 136 Å². The maximum atomic E-state index is 12.0. The van der Waals surface area contributed by atoms with Gasteiger partial charge in [-0.2, -0.15) is 0 Å². The van der Waals surface area contributed by atoms with E-state index in [1.165, 1.54) is 83.5 Å². The highest BCUT2D eigenvalue weighted by molar-refractivity contribution is 5.72. The third-order valence-corrected chi connectivity index (χ3v) is 5.63. The summed E-state index contributed by atoms with van der Waals surface area (Å²) in [4.78, 5) is 12.0. The van der Waals surface area contributed by atoms with E-state index in [0.717, 1.165) is 32.1 Å². The van der Waals surface area contributed by atoms with E-state index in [0.29, 0.717) is 6.61 Å². The summed E-state index contributed by atoms with van der Waals surface area (Å²) in [6.45, 7) is 7.15. The predicted octanol–water partition coefficient (Wildman–Crippen LogP) is 8.78. The van der Waals surface area contributed by atoms with Gasteiger partial charge in [-0.3, -0.25) is 4.79 Å². The van der Waals surface area contributed by atoms with Crippen molar-refractivity contribution in [2.45, 2.75) is 136 Å². The molecule has 0 spiro atoms. The molecule has 0 rings (SSSR count). The quantitative estimate of drug-likeness (QED) is 0.110. The minimum absolute atomic E-state index is 0.0312. The monoisotopic (exact) mass is 394 g/mol. The van der Waals surface area contributed by atoms with Gasteiger partial charge in [0.05, 0.1) is 12.5 Å². The molecule has 28 heavy (non-hydrogen) atoms. The number of carbonyl (C=O) groups excluding carboxylic acids is 1. The molecule has 0 bridgehead atoms. The first kappa shape index (κ1) is 27.2. The van der Waals surface area contributed by atoms with E-state index < -0.39 is 0 Å². The summed E-state index contributed by atoms with van der Waals surface area (Å²) in [5.74, 6) is 0.151. The molecule has 0 saturated heterocycles. The molecular formula is C26H50O2. The number of ether oxygens (including phenoxy) is 1. The third kappa shape index (κ3) is 18.6. The highest BCUT2D eigenvalue weighted by Gasteiger charge is 2.16. The van der Waals surface area contributed by atoms with E-state index >= 15 is 0 Å². The first-order valence-electron chi connectivity index (χ1n) is 12.6. The van der Waals surface area contributed by atoms with Gasteiger partial charge in [-0.25, -0.2) is 0 Å². The Kier molecular flexibility index (Phi) is 21.9. The van der Waals surface area contributed by atoms with E-state index in [1.807, 2.05) is 0 Å². The Balaban J connectivity index is 3.32. The average molecular weight is 395 g/mol. The van der Waals surface area contributed by atoms with E-state index in [4.69, 9.17) is 4.74 Å². The molecule has 2 heteroatoms. The lowest BCUT2D eigenvalue weighted by atomic mass is 10.00. The van der Waals surface area contributed by atoms with Crippen LogP contribution in [0.5, 0.6) is 0 Å². The second kappa shape index (κ2) is 22.5. The molecule has 1 unspecified atom stereocenters. The Bertz CT molecular complexity index is 348. The van der Waals surface area contributed by atoms with Crippen molar-refractivity contribution in [2.75, 3.05) is 6.61 Å². The largest absolute Gasteiger partial charge is 0.465 e. The molecule has 1 atom stereocenters. The van der Waals surface area contributed by atoms with Crippen molar-refractivity contribution in [3.8, 4) is 0 Å². The Morgan fingerprint density at radius 1 is 0.679 bits per heavy atom. The number of hydrogen-bond acceptors (Lipinski definition) is 2. The summed E-state index contributed by atoms with van der Waals surface area (Å²) in [6.07, 6.45) is 27.2. The second-order valence-electron chi connectivity index (χ2n) is 8.35. The molecule has 166 valence electrons. The zero-order chi connectivity index (χ0) is 20.7. The van der Waals surface area contributed by atoms with Crippen LogP contribution in [-0.4, -0.2) is 12.6 Å². The Morgan fingerprint density at radius 3 is 1.71 bits per heavy atom. The first-order valence-corrected chi connectivity index (χ1v) is 12.6. The molecular weight excluding hydrogens is 344 g/mol. The van der Waals surface area contributed by atoms with Gasteiger partial charge >= 0.3 is 5.97 Å². The van der Waals surface area contributed by atoms with Crippen LogP contribution in [0.15, 0.2) is 12.2 Å².